The third-order valence-corrected chi connectivity index (χ3v) is 9.97. The van der Waals surface area contributed by atoms with Gasteiger partial charge in [-0.15, -0.1) is 0 Å². The van der Waals surface area contributed by atoms with E-state index in [0.717, 1.165) is 69.6 Å². The maximum Gasteiger partial charge on any atom is 0.229 e. The van der Waals surface area contributed by atoms with Gasteiger partial charge in [0.2, 0.25) is 16.0 Å². The Kier molecular flexibility index (Phi) is 9.48. The molecule has 2 saturated heterocycles. The molecule has 15 heteroatoms. The number of benzene rings is 2. The van der Waals surface area contributed by atoms with E-state index in [9.17, 15) is 8.42 Å². The average Bonchev–Trinajstić information content (AvgIpc) is 3.46. The fourth-order valence-corrected chi connectivity index (χ4v) is 7.23. The summed E-state index contributed by atoms with van der Waals surface area (Å²) in [7, 11) is 0.290. The Morgan fingerprint density at radius 1 is 1.02 bits per heavy atom. The number of nitrogens with one attached hydrogen (secondary N) is 3. The zero-order valence-corrected chi connectivity index (χ0v) is 28.7. The van der Waals surface area contributed by atoms with E-state index in [1.165, 1.54) is 0 Å². The molecule has 0 saturated carbocycles. The van der Waals surface area contributed by atoms with Crippen molar-refractivity contribution in [3.05, 3.63) is 45.5 Å². The van der Waals surface area contributed by atoms with Crippen molar-refractivity contribution in [3.8, 4) is 11.5 Å². The summed E-state index contributed by atoms with van der Waals surface area (Å²) in [4.78, 5) is 16.4. The Bertz CT molecular complexity index is 1660. The number of methoxy groups -OCH3 is 1. The molecule has 2 aromatic carbocycles. The minimum absolute atomic E-state index is 0.297. The van der Waals surface area contributed by atoms with Crippen molar-refractivity contribution in [2.45, 2.75) is 25.3 Å². The Labute approximate surface area is 277 Å². The summed E-state index contributed by atoms with van der Waals surface area (Å²) in [6, 6.07) is 7.96. The zero-order valence-electron chi connectivity index (χ0n) is 25.6. The highest BCUT2D eigenvalue weighted by Gasteiger charge is 2.28. The summed E-state index contributed by atoms with van der Waals surface area (Å²) in [6.45, 7) is 6.92. The molecule has 6 rings (SSSR count). The van der Waals surface area contributed by atoms with Crippen molar-refractivity contribution in [1.82, 2.24) is 19.8 Å². The van der Waals surface area contributed by atoms with E-state index >= 15 is 0 Å². The number of anilines is 6. The number of likely N-dealkylation sites (N-methyl/N-ethyl adjacent to an activating group) is 1. The van der Waals surface area contributed by atoms with Crippen LogP contribution in [0.4, 0.5) is 34.5 Å². The standard InChI is InChI=1S/C30H38BrClN8O4S/c1-38-9-11-39(12-10-38)20-4-7-40(8-5-20)26-17-28(43-2)25(15-22(26)32)35-30-33-18-21(31)29(36-30)34-23-16-27-19(6-13-44-27)14-24(23)37-45(3,41)42/h14-18,20,37H,4-13H2,1-3H3,(H2,33,34,35,36). The van der Waals surface area contributed by atoms with Crippen LogP contribution in [0.1, 0.15) is 18.4 Å². The first kappa shape index (κ1) is 31.9. The largest absolute Gasteiger partial charge is 0.494 e. The second kappa shape index (κ2) is 13.4. The highest BCUT2D eigenvalue weighted by molar-refractivity contribution is 9.10. The van der Waals surface area contributed by atoms with Crippen LogP contribution in [0.5, 0.6) is 11.5 Å². The predicted octanol–water partition coefficient (Wildman–Crippen LogP) is 4.91. The maximum atomic E-state index is 12.1. The maximum absolute atomic E-state index is 12.1. The lowest BCUT2D eigenvalue weighted by Crippen LogP contribution is -2.52. The molecule has 3 aliphatic rings. The number of fused-ring (bicyclic) bond motifs is 1. The number of piperidine rings is 1. The number of hydrogen-bond donors (Lipinski definition) is 3. The predicted molar refractivity (Wildman–Crippen MR) is 183 cm³/mol. The average molecular weight is 722 g/mol. The van der Waals surface area contributed by atoms with Gasteiger partial charge in [0.05, 0.1) is 52.2 Å². The van der Waals surface area contributed by atoms with E-state index in [0.29, 0.717) is 68.9 Å². The Balaban J connectivity index is 1.18. The molecule has 0 spiro atoms. The lowest BCUT2D eigenvalue weighted by molar-refractivity contribution is 0.0982. The van der Waals surface area contributed by atoms with Crippen LogP contribution < -0.4 is 29.7 Å². The topological polar surface area (TPSA) is 124 Å². The molecule has 0 unspecified atom stereocenters. The summed E-state index contributed by atoms with van der Waals surface area (Å²) < 4.78 is 38.8. The quantitative estimate of drug-likeness (QED) is 0.279. The van der Waals surface area contributed by atoms with Crippen molar-refractivity contribution >= 4 is 72.1 Å². The first-order valence-corrected chi connectivity index (χ1v) is 18.0. The first-order valence-electron chi connectivity index (χ1n) is 15.0. The Hall–Kier alpha value is -3.04. The molecule has 0 atom stereocenters. The third kappa shape index (κ3) is 7.51. The highest BCUT2D eigenvalue weighted by atomic mass is 79.9. The zero-order chi connectivity index (χ0) is 31.7. The summed E-state index contributed by atoms with van der Waals surface area (Å²) in [6.07, 6.45) is 5.63. The molecular weight excluding hydrogens is 684 g/mol. The van der Waals surface area contributed by atoms with E-state index in [4.69, 9.17) is 21.1 Å². The van der Waals surface area contributed by atoms with E-state index in [1.807, 2.05) is 12.1 Å². The van der Waals surface area contributed by atoms with Crippen molar-refractivity contribution in [1.29, 1.82) is 0 Å². The van der Waals surface area contributed by atoms with Crippen molar-refractivity contribution in [3.63, 3.8) is 0 Å². The van der Waals surface area contributed by atoms with Crippen LogP contribution >= 0.6 is 27.5 Å². The van der Waals surface area contributed by atoms with Crippen LogP contribution in [0.25, 0.3) is 0 Å². The first-order chi connectivity index (χ1) is 21.6. The van der Waals surface area contributed by atoms with Crippen molar-refractivity contribution in [2.24, 2.45) is 0 Å². The molecule has 45 heavy (non-hydrogen) atoms. The van der Waals surface area contributed by atoms with Gasteiger partial charge in [0.1, 0.15) is 17.3 Å². The lowest BCUT2D eigenvalue weighted by Gasteiger charge is -2.42. The van der Waals surface area contributed by atoms with Gasteiger partial charge < -0.3 is 29.9 Å². The van der Waals surface area contributed by atoms with Crippen LogP contribution in [0.2, 0.25) is 5.02 Å². The molecule has 1 aromatic heterocycles. The Morgan fingerprint density at radius 2 is 1.78 bits per heavy atom. The molecule has 3 N–H and O–H groups in total. The molecule has 4 heterocycles. The molecule has 12 nitrogen and oxygen atoms in total. The van der Waals surface area contributed by atoms with Gasteiger partial charge in [-0.2, -0.15) is 4.98 Å². The summed E-state index contributed by atoms with van der Waals surface area (Å²) >= 11 is 10.4. The minimum atomic E-state index is -3.52. The van der Waals surface area contributed by atoms with Gasteiger partial charge in [0, 0.05) is 70.1 Å². The molecule has 3 aliphatic heterocycles. The molecule has 3 aromatic rings. The fraction of sp³-hybridized carbons (Fsp3) is 0.467. The molecule has 2 fully saturated rings. The van der Waals surface area contributed by atoms with E-state index in [-0.39, 0.29) is 0 Å². The second-order valence-electron chi connectivity index (χ2n) is 11.7. The van der Waals surface area contributed by atoms with Crippen LogP contribution in [0.3, 0.4) is 0 Å². The monoisotopic (exact) mass is 720 g/mol. The number of aromatic nitrogens is 2. The summed E-state index contributed by atoms with van der Waals surface area (Å²) in [5.41, 5.74) is 3.39. The molecule has 0 aliphatic carbocycles. The third-order valence-electron chi connectivity index (χ3n) is 8.50. The van der Waals surface area contributed by atoms with Gasteiger partial charge in [0.25, 0.3) is 0 Å². The number of halogens is 2. The SMILES string of the molecule is COc1cc(N2CCC(N3CCN(C)CC3)CC2)c(Cl)cc1Nc1ncc(Br)c(Nc2cc3c(cc2NS(C)(=O)=O)CCO3)n1. The summed E-state index contributed by atoms with van der Waals surface area (Å²) in [5, 5.41) is 7.08. The van der Waals surface area contributed by atoms with E-state index < -0.39 is 10.0 Å². The number of hydrogen-bond acceptors (Lipinski definition) is 11. The smallest absolute Gasteiger partial charge is 0.229 e. The van der Waals surface area contributed by atoms with Gasteiger partial charge in [-0.1, -0.05) is 11.6 Å². The fourth-order valence-electron chi connectivity index (χ4n) is 6.09. The Morgan fingerprint density at radius 3 is 2.49 bits per heavy atom. The second-order valence-corrected chi connectivity index (χ2v) is 14.7. The van der Waals surface area contributed by atoms with Crippen LogP contribution in [0, 0.1) is 0 Å². The number of nitrogens with zero attached hydrogens (tertiary/aromatic N) is 5. The number of rotatable bonds is 9. The minimum Gasteiger partial charge on any atom is -0.494 e. The molecule has 0 bridgehead atoms. The van der Waals surface area contributed by atoms with Crippen molar-refractivity contribution < 1.29 is 17.9 Å². The molecule has 0 amide bonds. The number of piperazine rings is 1. The van der Waals surface area contributed by atoms with Gasteiger partial charge in [-0.25, -0.2) is 13.4 Å². The van der Waals surface area contributed by atoms with Gasteiger partial charge in [0.15, 0.2) is 0 Å². The molecule has 242 valence electrons. The van der Waals surface area contributed by atoms with E-state index in [2.05, 4.69) is 63.0 Å². The van der Waals surface area contributed by atoms with Crippen molar-refractivity contribution in [2.75, 3.05) is 86.5 Å². The van der Waals surface area contributed by atoms with Gasteiger partial charge in [-0.05, 0) is 53.5 Å². The molecule has 0 radical (unpaired) electrons. The van der Waals surface area contributed by atoms with E-state index in [1.54, 1.807) is 25.4 Å². The normalized spacial score (nSPS) is 17.9. The van der Waals surface area contributed by atoms with Gasteiger partial charge in [-0.3, -0.25) is 9.62 Å². The lowest BCUT2D eigenvalue weighted by atomic mass is 10.0. The summed E-state index contributed by atoms with van der Waals surface area (Å²) in [5.74, 6) is 2.04. The molecular formula is C30H38BrClN8O4S. The highest BCUT2D eigenvalue weighted by Crippen LogP contribution is 2.40. The van der Waals surface area contributed by atoms with Crippen LogP contribution in [-0.2, 0) is 16.4 Å². The number of sulfonamides is 1. The van der Waals surface area contributed by atoms with Crippen LogP contribution in [0.15, 0.2) is 34.9 Å². The number of ether oxygens (including phenoxy) is 2. The van der Waals surface area contributed by atoms with Gasteiger partial charge >= 0.3 is 0 Å². The van der Waals surface area contributed by atoms with Crippen LogP contribution in [-0.4, -0.2) is 101 Å².